The van der Waals surface area contributed by atoms with Crippen molar-refractivity contribution in [3.8, 4) is 11.5 Å². The van der Waals surface area contributed by atoms with Crippen molar-refractivity contribution in [2.75, 3.05) is 0 Å². The van der Waals surface area contributed by atoms with Crippen LogP contribution < -0.4 is 0 Å². The van der Waals surface area contributed by atoms with Crippen LogP contribution in [0.4, 0.5) is 0 Å². The molecule has 64 valence electrons. The van der Waals surface area contributed by atoms with Crippen molar-refractivity contribution in [2.24, 2.45) is 0 Å². The van der Waals surface area contributed by atoms with Gasteiger partial charge in [0.2, 0.25) is 0 Å². The van der Waals surface area contributed by atoms with Crippen LogP contribution in [0.25, 0.3) is 0 Å². The van der Waals surface area contributed by atoms with Gasteiger partial charge in [-0.05, 0) is 13.0 Å². The standard InChI is InChI=1S/C8H7ClO3/c1-4-7(11)5(3-10)2-6(9)8(4)12/h2-3,11-12H,1H3. The van der Waals surface area contributed by atoms with Crippen molar-refractivity contribution >= 4 is 17.9 Å². The van der Waals surface area contributed by atoms with Crippen LogP contribution in [0, 0.1) is 6.92 Å². The molecule has 0 saturated heterocycles. The number of phenols is 2. The molecular weight excluding hydrogens is 180 g/mol. The van der Waals surface area contributed by atoms with Gasteiger partial charge in [0.1, 0.15) is 11.5 Å². The highest BCUT2D eigenvalue weighted by atomic mass is 35.5. The summed E-state index contributed by atoms with van der Waals surface area (Å²) in [5.41, 5.74) is 0.292. The molecule has 1 aromatic carbocycles. The van der Waals surface area contributed by atoms with Crippen LogP contribution in [0.5, 0.6) is 11.5 Å². The number of hydrogen-bond donors (Lipinski definition) is 2. The summed E-state index contributed by atoms with van der Waals surface area (Å²) in [6.45, 7) is 1.48. The molecule has 0 saturated carbocycles. The van der Waals surface area contributed by atoms with Crippen LogP contribution in [0.2, 0.25) is 5.02 Å². The molecule has 0 atom stereocenters. The molecule has 0 aromatic heterocycles. The Morgan fingerprint density at radius 3 is 2.50 bits per heavy atom. The van der Waals surface area contributed by atoms with E-state index in [1.165, 1.54) is 13.0 Å². The molecule has 4 heteroatoms. The third-order valence-electron chi connectivity index (χ3n) is 1.62. The fraction of sp³-hybridized carbons (Fsp3) is 0.125. The van der Waals surface area contributed by atoms with Crippen molar-refractivity contribution in [2.45, 2.75) is 6.92 Å². The first-order valence-electron chi connectivity index (χ1n) is 3.24. The number of carbonyl (C=O) groups is 1. The minimum absolute atomic E-state index is 0.0624. The summed E-state index contributed by atoms with van der Waals surface area (Å²) in [6.07, 6.45) is 0.480. The van der Waals surface area contributed by atoms with E-state index in [0.717, 1.165) is 0 Å². The normalized spacial score (nSPS) is 9.83. The number of phenolic OH excluding ortho intramolecular Hbond substituents is 2. The average molecular weight is 187 g/mol. The monoisotopic (exact) mass is 186 g/mol. The second-order valence-corrected chi connectivity index (χ2v) is 2.79. The Hall–Kier alpha value is -1.22. The lowest BCUT2D eigenvalue weighted by molar-refractivity contribution is 0.112. The van der Waals surface area contributed by atoms with Gasteiger partial charge in [-0.3, -0.25) is 4.79 Å². The first-order chi connectivity index (χ1) is 5.57. The van der Waals surface area contributed by atoms with E-state index in [-0.39, 0.29) is 27.6 Å². The third-order valence-corrected chi connectivity index (χ3v) is 1.91. The molecule has 0 aliphatic rings. The minimum Gasteiger partial charge on any atom is -0.507 e. The van der Waals surface area contributed by atoms with Crippen molar-refractivity contribution in [3.63, 3.8) is 0 Å². The molecule has 1 aromatic rings. The van der Waals surface area contributed by atoms with Gasteiger partial charge in [0.25, 0.3) is 0 Å². The summed E-state index contributed by atoms with van der Waals surface area (Å²) in [5.74, 6) is -0.424. The molecule has 0 spiro atoms. The fourth-order valence-corrected chi connectivity index (χ4v) is 1.13. The lowest BCUT2D eigenvalue weighted by Crippen LogP contribution is -1.86. The van der Waals surface area contributed by atoms with Gasteiger partial charge in [0, 0.05) is 5.56 Å². The first-order valence-corrected chi connectivity index (χ1v) is 3.62. The summed E-state index contributed by atoms with van der Waals surface area (Å²) >= 11 is 5.55. The minimum atomic E-state index is -0.230. The summed E-state index contributed by atoms with van der Waals surface area (Å²) in [5, 5.41) is 18.5. The predicted molar refractivity (Wildman–Crippen MR) is 44.9 cm³/mol. The SMILES string of the molecule is Cc1c(O)c(Cl)cc(C=O)c1O. The van der Waals surface area contributed by atoms with Crippen LogP contribution in [0.3, 0.4) is 0 Å². The van der Waals surface area contributed by atoms with E-state index in [4.69, 9.17) is 11.6 Å². The van der Waals surface area contributed by atoms with E-state index in [1.807, 2.05) is 0 Å². The quantitative estimate of drug-likeness (QED) is 0.659. The molecular formula is C8H7ClO3. The zero-order valence-electron chi connectivity index (χ0n) is 6.34. The van der Waals surface area contributed by atoms with E-state index in [9.17, 15) is 15.0 Å². The molecule has 3 nitrogen and oxygen atoms in total. The smallest absolute Gasteiger partial charge is 0.153 e. The number of aldehydes is 1. The van der Waals surface area contributed by atoms with Crippen molar-refractivity contribution in [1.29, 1.82) is 0 Å². The first kappa shape index (κ1) is 8.87. The van der Waals surface area contributed by atoms with Gasteiger partial charge in [0.15, 0.2) is 6.29 Å². The second-order valence-electron chi connectivity index (χ2n) is 2.39. The Morgan fingerprint density at radius 2 is 2.00 bits per heavy atom. The zero-order chi connectivity index (χ0) is 9.30. The largest absolute Gasteiger partial charge is 0.507 e. The van der Waals surface area contributed by atoms with Crippen LogP contribution in [-0.2, 0) is 0 Å². The topological polar surface area (TPSA) is 57.5 Å². The van der Waals surface area contributed by atoms with Crippen LogP contribution >= 0.6 is 11.6 Å². The Morgan fingerprint density at radius 1 is 1.42 bits per heavy atom. The second kappa shape index (κ2) is 3.03. The summed E-state index contributed by atoms with van der Waals surface area (Å²) < 4.78 is 0. The summed E-state index contributed by atoms with van der Waals surface area (Å²) in [4.78, 5) is 10.3. The van der Waals surface area contributed by atoms with E-state index in [2.05, 4.69) is 0 Å². The summed E-state index contributed by atoms with van der Waals surface area (Å²) in [7, 11) is 0. The van der Waals surface area contributed by atoms with Crippen molar-refractivity contribution < 1.29 is 15.0 Å². The van der Waals surface area contributed by atoms with Crippen molar-refractivity contribution in [3.05, 3.63) is 22.2 Å². The molecule has 0 amide bonds. The number of carbonyl (C=O) groups excluding carboxylic acids is 1. The van der Waals surface area contributed by atoms with Gasteiger partial charge >= 0.3 is 0 Å². The third kappa shape index (κ3) is 1.23. The molecule has 0 aliphatic heterocycles. The molecule has 0 unspecified atom stereocenters. The average Bonchev–Trinajstić information content (AvgIpc) is 2.08. The Bertz CT molecular complexity index is 334. The maximum Gasteiger partial charge on any atom is 0.153 e. The Labute approximate surface area is 74.2 Å². The highest BCUT2D eigenvalue weighted by Crippen LogP contribution is 2.35. The fourth-order valence-electron chi connectivity index (χ4n) is 0.871. The Kier molecular flexibility index (Phi) is 2.24. The van der Waals surface area contributed by atoms with Gasteiger partial charge in [-0.1, -0.05) is 11.6 Å². The van der Waals surface area contributed by atoms with E-state index < -0.39 is 0 Å². The van der Waals surface area contributed by atoms with Gasteiger partial charge in [-0.15, -0.1) is 0 Å². The number of benzene rings is 1. The lowest BCUT2D eigenvalue weighted by atomic mass is 10.1. The molecule has 0 heterocycles. The molecule has 0 aliphatic carbocycles. The van der Waals surface area contributed by atoms with Crippen LogP contribution in [0.1, 0.15) is 15.9 Å². The van der Waals surface area contributed by atoms with Gasteiger partial charge in [-0.25, -0.2) is 0 Å². The molecule has 12 heavy (non-hydrogen) atoms. The van der Waals surface area contributed by atoms with Gasteiger partial charge in [-0.2, -0.15) is 0 Å². The molecule has 1 rings (SSSR count). The van der Waals surface area contributed by atoms with Gasteiger partial charge in [0.05, 0.1) is 10.6 Å². The van der Waals surface area contributed by atoms with Gasteiger partial charge < -0.3 is 10.2 Å². The van der Waals surface area contributed by atoms with E-state index in [0.29, 0.717) is 6.29 Å². The summed E-state index contributed by atoms with van der Waals surface area (Å²) in [6, 6.07) is 1.21. The number of hydrogen-bond acceptors (Lipinski definition) is 3. The van der Waals surface area contributed by atoms with E-state index >= 15 is 0 Å². The molecule has 0 fully saturated rings. The predicted octanol–water partition coefficient (Wildman–Crippen LogP) is 1.87. The number of aromatic hydroxyl groups is 2. The number of halogens is 1. The Balaban J connectivity index is 3.49. The highest BCUT2D eigenvalue weighted by Gasteiger charge is 2.11. The van der Waals surface area contributed by atoms with E-state index in [1.54, 1.807) is 0 Å². The maximum absolute atomic E-state index is 10.3. The molecule has 0 radical (unpaired) electrons. The maximum atomic E-state index is 10.3. The van der Waals surface area contributed by atoms with Crippen LogP contribution in [0.15, 0.2) is 6.07 Å². The molecule has 0 bridgehead atoms. The highest BCUT2D eigenvalue weighted by molar-refractivity contribution is 6.32. The zero-order valence-corrected chi connectivity index (χ0v) is 7.09. The van der Waals surface area contributed by atoms with Crippen molar-refractivity contribution in [1.82, 2.24) is 0 Å². The lowest BCUT2D eigenvalue weighted by Gasteiger charge is -2.05. The van der Waals surface area contributed by atoms with Crippen LogP contribution in [-0.4, -0.2) is 16.5 Å². The molecule has 2 N–H and O–H groups in total. The number of rotatable bonds is 1.